The number of rotatable bonds is 14. The number of carbonyl (C=O) groups is 2. The highest BCUT2D eigenvalue weighted by molar-refractivity contribution is 7.92. The monoisotopic (exact) mass is 661 g/mol. The number of benzene rings is 4. The number of carbonyl (C=O) groups excluding carboxylic acids is 2. The number of hydrogen-bond acceptors (Lipinski definition) is 5. The van der Waals surface area contributed by atoms with Crippen LogP contribution >= 0.6 is 11.6 Å². The molecule has 0 fully saturated rings. The molecule has 0 saturated heterocycles. The van der Waals surface area contributed by atoms with Gasteiger partial charge in [-0.1, -0.05) is 104 Å². The molecule has 0 saturated carbocycles. The van der Waals surface area contributed by atoms with Gasteiger partial charge in [-0.25, -0.2) is 8.42 Å². The minimum Gasteiger partial charge on any atom is -0.495 e. The Morgan fingerprint density at radius 3 is 2.15 bits per heavy atom. The molecule has 242 valence electrons. The van der Waals surface area contributed by atoms with Gasteiger partial charge in [-0.2, -0.15) is 0 Å². The van der Waals surface area contributed by atoms with E-state index in [4.69, 9.17) is 16.3 Å². The Balaban J connectivity index is 1.84. The molecule has 0 aliphatic rings. The van der Waals surface area contributed by atoms with Gasteiger partial charge in [-0.3, -0.25) is 13.9 Å². The van der Waals surface area contributed by atoms with Crippen molar-refractivity contribution in [1.29, 1.82) is 0 Å². The summed E-state index contributed by atoms with van der Waals surface area (Å²) < 4.78 is 35.0. The predicted octanol–water partition coefficient (Wildman–Crippen LogP) is 6.26. The second kappa shape index (κ2) is 15.8. The zero-order chi connectivity index (χ0) is 33.3. The Labute approximate surface area is 277 Å². The molecule has 1 atom stereocenters. The van der Waals surface area contributed by atoms with Gasteiger partial charge in [0.05, 0.1) is 17.7 Å². The molecule has 1 N–H and O–H groups in total. The first kappa shape index (κ1) is 34.5. The summed E-state index contributed by atoms with van der Waals surface area (Å²) in [7, 11) is -2.87. The molecule has 2 amide bonds. The molecule has 46 heavy (non-hydrogen) atoms. The Hall–Kier alpha value is -4.34. The zero-order valence-electron chi connectivity index (χ0n) is 26.5. The smallest absolute Gasteiger partial charge is 0.264 e. The second-order valence-corrected chi connectivity index (χ2v) is 13.8. The first-order valence-electron chi connectivity index (χ1n) is 15.1. The molecule has 0 aliphatic heterocycles. The lowest BCUT2D eigenvalue weighted by molar-refractivity contribution is -0.140. The summed E-state index contributed by atoms with van der Waals surface area (Å²) >= 11 is 6.35. The van der Waals surface area contributed by atoms with E-state index in [1.165, 1.54) is 30.2 Å². The van der Waals surface area contributed by atoms with Crippen LogP contribution in [0.25, 0.3) is 0 Å². The fourth-order valence-electron chi connectivity index (χ4n) is 5.07. The molecule has 0 bridgehead atoms. The molecule has 0 heterocycles. The first-order valence-corrected chi connectivity index (χ1v) is 16.9. The van der Waals surface area contributed by atoms with Gasteiger partial charge in [0.25, 0.3) is 10.0 Å². The van der Waals surface area contributed by atoms with E-state index in [2.05, 4.69) is 5.32 Å². The van der Waals surface area contributed by atoms with Gasteiger partial charge in [-0.15, -0.1) is 0 Å². The summed E-state index contributed by atoms with van der Waals surface area (Å²) in [6.45, 7) is 5.83. The quantitative estimate of drug-likeness (QED) is 0.172. The number of sulfonamides is 1. The Kier molecular flexibility index (Phi) is 11.8. The van der Waals surface area contributed by atoms with E-state index in [9.17, 15) is 18.0 Å². The minimum atomic E-state index is -4.29. The number of aryl methyl sites for hydroxylation is 1. The molecule has 8 nitrogen and oxygen atoms in total. The van der Waals surface area contributed by atoms with E-state index in [0.29, 0.717) is 6.54 Å². The van der Waals surface area contributed by atoms with Crippen LogP contribution in [0.1, 0.15) is 30.5 Å². The minimum absolute atomic E-state index is 0.00873. The molecule has 0 radical (unpaired) electrons. The molecule has 0 aliphatic carbocycles. The number of halogens is 1. The lowest BCUT2D eigenvalue weighted by atomic mass is 10.0. The maximum absolute atomic E-state index is 14.6. The highest BCUT2D eigenvalue weighted by atomic mass is 35.5. The molecular weight excluding hydrogens is 622 g/mol. The van der Waals surface area contributed by atoms with Crippen molar-refractivity contribution < 1.29 is 22.7 Å². The van der Waals surface area contributed by atoms with Crippen LogP contribution in [0.3, 0.4) is 0 Å². The van der Waals surface area contributed by atoms with Gasteiger partial charge in [0.15, 0.2) is 0 Å². The number of anilines is 1. The number of methoxy groups -OCH3 is 1. The van der Waals surface area contributed by atoms with Gasteiger partial charge in [-0.05, 0) is 54.3 Å². The largest absolute Gasteiger partial charge is 0.495 e. The molecule has 0 spiro atoms. The van der Waals surface area contributed by atoms with Crippen molar-refractivity contribution in [2.45, 2.75) is 44.7 Å². The summed E-state index contributed by atoms with van der Waals surface area (Å²) in [6.07, 6.45) is 0.230. The van der Waals surface area contributed by atoms with Gasteiger partial charge in [0.2, 0.25) is 11.8 Å². The summed E-state index contributed by atoms with van der Waals surface area (Å²) in [5, 5.41) is 3.27. The van der Waals surface area contributed by atoms with Crippen LogP contribution in [0.5, 0.6) is 5.75 Å². The number of ether oxygens (including phenoxy) is 1. The lowest BCUT2D eigenvalue weighted by Gasteiger charge is -2.34. The average molecular weight is 662 g/mol. The van der Waals surface area contributed by atoms with E-state index < -0.39 is 28.5 Å². The lowest BCUT2D eigenvalue weighted by Crippen LogP contribution is -2.53. The van der Waals surface area contributed by atoms with Crippen LogP contribution in [0.2, 0.25) is 5.02 Å². The maximum atomic E-state index is 14.6. The highest BCUT2D eigenvalue weighted by Gasteiger charge is 2.35. The Bertz CT molecular complexity index is 1730. The van der Waals surface area contributed by atoms with Crippen molar-refractivity contribution in [2.24, 2.45) is 5.92 Å². The van der Waals surface area contributed by atoms with E-state index in [-0.39, 0.29) is 46.1 Å². The van der Waals surface area contributed by atoms with Crippen molar-refractivity contribution in [1.82, 2.24) is 10.2 Å². The van der Waals surface area contributed by atoms with E-state index in [1.807, 2.05) is 75.4 Å². The van der Waals surface area contributed by atoms with Crippen molar-refractivity contribution >= 4 is 39.1 Å². The Morgan fingerprint density at radius 2 is 1.52 bits per heavy atom. The van der Waals surface area contributed by atoms with Crippen LogP contribution in [0, 0.1) is 12.8 Å². The van der Waals surface area contributed by atoms with Crippen LogP contribution in [0.4, 0.5) is 5.69 Å². The summed E-state index contributed by atoms with van der Waals surface area (Å²) in [4.78, 5) is 30.0. The SMILES string of the molecule is COc1ccc(Cl)cc1N(CC(=O)N(Cc1cccc(C)c1)[C@@H](Cc1ccccc1)C(=O)NCC(C)C)S(=O)(=O)c1ccccc1. The second-order valence-electron chi connectivity index (χ2n) is 11.5. The van der Waals surface area contributed by atoms with Crippen LogP contribution in [-0.4, -0.2) is 51.4 Å². The fourth-order valence-corrected chi connectivity index (χ4v) is 6.68. The number of nitrogens with zero attached hydrogens (tertiary/aromatic N) is 2. The molecular formula is C36H40ClN3O5S. The van der Waals surface area contributed by atoms with Crippen molar-refractivity contribution in [3.8, 4) is 5.75 Å². The van der Waals surface area contributed by atoms with Crippen molar-refractivity contribution in [3.05, 3.63) is 125 Å². The molecule has 4 aromatic carbocycles. The van der Waals surface area contributed by atoms with Crippen LogP contribution < -0.4 is 14.4 Å². The number of amides is 2. The third-order valence-electron chi connectivity index (χ3n) is 7.41. The third-order valence-corrected chi connectivity index (χ3v) is 9.42. The standard InChI is InChI=1S/C36H40ClN3O5S/c1-26(2)23-38-36(42)33(21-28-13-7-5-8-14-28)39(24-29-15-11-12-27(3)20-29)35(41)25-40(32-22-30(37)18-19-34(32)45-4)46(43,44)31-16-9-6-10-17-31/h5-20,22,26,33H,21,23-25H2,1-4H3,(H,38,42)/t33-/m0/s1. The van der Waals surface area contributed by atoms with Gasteiger partial charge >= 0.3 is 0 Å². The normalized spacial score (nSPS) is 12.0. The summed E-state index contributed by atoms with van der Waals surface area (Å²) in [5.41, 5.74) is 2.76. The maximum Gasteiger partial charge on any atom is 0.264 e. The predicted molar refractivity (Wildman–Crippen MR) is 182 cm³/mol. The topological polar surface area (TPSA) is 96.0 Å². The Morgan fingerprint density at radius 1 is 0.870 bits per heavy atom. The van der Waals surface area contributed by atoms with E-state index in [0.717, 1.165) is 21.0 Å². The molecule has 10 heteroatoms. The molecule has 4 rings (SSSR count). The van der Waals surface area contributed by atoms with Crippen LogP contribution in [-0.2, 0) is 32.6 Å². The van der Waals surface area contributed by atoms with Crippen molar-refractivity contribution in [3.63, 3.8) is 0 Å². The fraction of sp³-hybridized carbons (Fsp3) is 0.278. The van der Waals surface area contributed by atoms with Crippen LogP contribution in [0.15, 0.2) is 108 Å². The van der Waals surface area contributed by atoms with Crippen molar-refractivity contribution in [2.75, 3.05) is 24.5 Å². The molecule has 0 aromatic heterocycles. The third kappa shape index (κ3) is 8.89. The van der Waals surface area contributed by atoms with Gasteiger partial charge < -0.3 is 15.0 Å². The highest BCUT2D eigenvalue weighted by Crippen LogP contribution is 2.35. The molecule has 0 unspecified atom stereocenters. The number of hydrogen-bond donors (Lipinski definition) is 1. The van der Waals surface area contributed by atoms with E-state index >= 15 is 0 Å². The van der Waals surface area contributed by atoms with Gasteiger partial charge in [0.1, 0.15) is 18.3 Å². The summed E-state index contributed by atoms with van der Waals surface area (Å²) in [5.74, 6) is -0.485. The first-order chi connectivity index (χ1) is 22.0. The average Bonchev–Trinajstić information content (AvgIpc) is 3.04. The zero-order valence-corrected chi connectivity index (χ0v) is 28.1. The number of nitrogens with one attached hydrogen (secondary N) is 1. The van der Waals surface area contributed by atoms with Gasteiger partial charge in [0, 0.05) is 24.5 Å². The van der Waals surface area contributed by atoms with E-state index in [1.54, 1.807) is 30.3 Å². The summed E-state index contributed by atoms with van der Waals surface area (Å²) in [6, 6.07) is 28.6. The molecule has 4 aromatic rings.